The van der Waals surface area contributed by atoms with Gasteiger partial charge in [0.25, 0.3) is 0 Å². The van der Waals surface area contributed by atoms with Gasteiger partial charge >= 0.3 is 13.8 Å². The summed E-state index contributed by atoms with van der Waals surface area (Å²) in [5, 5.41) is 0. The Bertz CT molecular complexity index is 232. The van der Waals surface area contributed by atoms with Crippen molar-refractivity contribution >= 4 is 13.8 Å². The molecule has 0 N–H and O–H groups in total. The zero-order valence-corrected chi connectivity index (χ0v) is 10.8. The number of ether oxygens (including phenoxy) is 2. The zero-order valence-electron chi connectivity index (χ0n) is 9.93. The number of hydrogen-bond acceptors (Lipinski definition) is 6. The summed E-state index contributed by atoms with van der Waals surface area (Å²) in [7, 11) is -3.13. The van der Waals surface area contributed by atoms with Gasteiger partial charge in [-0.15, -0.1) is 0 Å². The van der Waals surface area contributed by atoms with Crippen molar-refractivity contribution in [3.8, 4) is 0 Å². The topological polar surface area (TPSA) is 71.1 Å². The second-order valence-corrected chi connectivity index (χ2v) is 4.89. The fourth-order valence-electron chi connectivity index (χ4n) is 0.960. The van der Waals surface area contributed by atoms with Crippen LogP contribution in [0.5, 0.6) is 0 Å². The lowest BCUT2D eigenvalue weighted by Crippen LogP contribution is -2.12. The smallest absolute Gasteiger partial charge is 0.435 e. The van der Waals surface area contributed by atoms with Crippen LogP contribution in [0.25, 0.3) is 0 Å². The zero-order chi connectivity index (χ0) is 12.4. The van der Waals surface area contributed by atoms with Crippen LogP contribution in [0, 0.1) is 0 Å². The molecule has 7 heteroatoms. The first-order chi connectivity index (χ1) is 7.58. The maximum Gasteiger partial charge on any atom is 0.508 e. The highest BCUT2D eigenvalue weighted by molar-refractivity contribution is 7.53. The number of carbonyl (C=O) groups excluding carboxylic acids is 1. The highest BCUT2D eigenvalue weighted by Gasteiger charge is 2.23. The van der Waals surface area contributed by atoms with Gasteiger partial charge in [0.15, 0.2) is 0 Å². The minimum absolute atomic E-state index is 0.0352. The van der Waals surface area contributed by atoms with Crippen LogP contribution in [0.3, 0.4) is 0 Å². The van der Waals surface area contributed by atoms with E-state index in [-0.39, 0.29) is 32.6 Å². The predicted molar refractivity (Wildman–Crippen MR) is 58.7 cm³/mol. The van der Waals surface area contributed by atoms with E-state index < -0.39 is 13.8 Å². The minimum atomic E-state index is -3.13. The summed E-state index contributed by atoms with van der Waals surface area (Å²) in [6, 6.07) is 0. The standard InChI is InChI=1S/C9H19O6P/c1-4-12-9(10)13-7-8-16(11,14-5-2)15-6-3/h4-8H2,1-3H3. The van der Waals surface area contributed by atoms with Crippen LogP contribution in [0.15, 0.2) is 0 Å². The number of carbonyl (C=O) groups is 1. The van der Waals surface area contributed by atoms with E-state index in [0.29, 0.717) is 0 Å². The predicted octanol–water partition coefficient (Wildman–Crippen LogP) is 2.43. The van der Waals surface area contributed by atoms with Gasteiger partial charge in [-0.2, -0.15) is 0 Å². The van der Waals surface area contributed by atoms with Crippen molar-refractivity contribution in [3.63, 3.8) is 0 Å². The summed E-state index contributed by atoms with van der Waals surface area (Å²) in [6.45, 7) is 5.89. The molecule has 16 heavy (non-hydrogen) atoms. The van der Waals surface area contributed by atoms with E-state index in [9.17, 15) is 9.36 Å². The molecule has 0 atom stereocenters. The molecule has 0 aromatic carbocycles. The molecule has 0 radical (unpaired) electrons. The lowest BCUT2D eigenvalue weighted by Gasteiger charge is -2.16. The first kappa shape index (κ1) is 15.4. The van der Waals surface area contributed by atoms with Crippen LogP contribution in [0.1, 0.15) is 20.8 Å². The fourth-order valence-corrected chi connectivity index (χ4v) is 2.39. The molecule has 0 amide bonds. The molecule has 0 aromatic rings. The molecule has 0 saturated carbocycles. The molecule has 0 spiro atoms. The van der Waals surface area contributed by atoms with Gasteiger partial charge in [-0.05, 0) is 20.8 Å². The molecule has 0 aliphatic carbocycles. The second-order valence-electron chi connectivity index (χ2n) is 2.70. The molecule has 0 fully saturated rings. The van der Waals surface area contributed by atoms with Crippen molar-refractivity contribution in [2.45, 2.75) is 20.8 Å². The first-order valence-electron chi connectivity index (χ1n) is 5.25. The molecule has 0 heterocycles. The monoisotopic (exact) mass is 254 g/mol. The molecule has 0 aliphatic rings. The van der Waals surface area contributed by atoms with Crippen molar-refractivity contribution in [1.82, 2.24) is 0 Å². The highest BCUT2D eigenvalue weighted by atomic mass is 31.2. The SMILES string of the molecule is CCOC(=O)OCCP(=O)(OCC)OCC. The molecular weight excluding hydrogens is 235 g/mol. The van der Waals surface area contributed by atoms with E-state index >= 15 is 0 Å². The third-order valence-corrected chi connectivity index (χ3v) is 3.53. The van der Waals surface area contributed by atoms with E-state index in [2.05, 4.69) is 9.47 Å². The van der Waals surface area contributed by atoms with Crippen LogP contribution < -0.4 is 0 Å². The van der Waals surface area contributed by atoms with Crippen molar-refractivity contribution in [1.29, 1.82) is 0 Å². The Kier molecular flexibility index (Phi) is 8.25. The Morgan fingerprint density at radius 3 is 2.00 bits per heavy atom. The first-order valence-corrected chi connectivity index (χ1v) is 6.98. The van der Waals surface area contributed by atoms with Gasteiger partial charge in [0.2, 0.25) is 0 Å². The van der Waals surface area contributed by atoms with E-state index in [1.807, 2.05) is 0 Å². The van der Waals surface area contributed by atoms with Crippen LogP contribution in [0.2, 0.25) is 0 Å². The van der Waals surface area contributed by atoms with Gasteiger partial charge in [0, 0.05) is 0 Å². The normalized spacial score (nSPS) is 11.2. The summed E-state index contributed by atoms with van der Waals surface area (Å²) in [6.07, 6.45) is -0.741. The van der Waals surface area contributed by atoms with Crippen molar-refractivity contribution in [2.24, 2.45) is 0 Å². The third kappa shape index (κ3) is 6.82. The Morgan fingerprint density at radius 2 is 1.56 bits per heavy atom. The lowest BCUT2D eigenvalue weighted by molar-refractivity contribution is 0.0622. The molecular formula is C9H19O6P. The van der Waals surface area contributed by atoms with Gasteiger partial charge in [-0.1, -0.05) is 0 Å². The van der Waals surface area contributed by atoms with E-state index in [1.54, 1.807) is 20.8 Å². The quantitative estimate of drug-likeness (QED) is 0.489. The van der Waals surface area contributed by atoms with E-state index in [4.69, 9.17) is 9.05 Å². The highest BCUT2D eigenvalue weighted by Crippen LogP contribution is 2.47. The average molecular weight is 254 g/mol. The molecule has 0 saturated heterocycles. The van der Waals surface area contributed by atoms with Gasteiger partial charge in [0.05, 0.1) is 26.0 Å². The summed E-state index contributed by atoms with van der Waals surface area (Å²) in [5.74, 6) is 0. The average Bonchev–Trinajstić information content (AvgIpc) is 2.18. The number of rotatable bonds is 8. The van der Waals surface area contributed by atoms with E-state index in [0.717, 1.165) is 0 Å². The van der Waals surface area contributed by atoms with Gasteiger partial charge < -0.3 is 18.5 Å². The maximum atomic E-state index is 11.9. The molecule has 96 valence electrons. The molecule has 0 bridgehead atoms. The molecule has 0 unspecified atom stereocenters. The van der Waals surface area contributed by atoms with Gasteiger partial charge in [0.1, 0.15) is 6.61 Å². The maximum absolute atomic E-state index is 11.9. The second kappa shape index (κ2) is 8.56. The van der Waals surface area contributed by atoms with Crippen molar-refractivity contribution < 1.29 is 27.9 Å². The Labute approximate surface area is 95.7 Å². The molecule has 0 rings (SSSR count). The summed E-state index contributed by atoms with van der Waals surface area (Å²) in [5.41, 5.74) is 0. The van der Waals surface area contributed by atoms with Crippen LogP contribution in [-0.2, 0) is 23.1 Å². The van der Waals surface area contributed by atoms with Crippen molar-refractivity contribution in [2.75, 3.05) is 32.6 Å². The molecule has 0 aliphatic heterocycles. The number of hydrogen-bond donors (Lipinski definition) is 0. The van der Waals surface area contributed by atoms with Crippen LogP contribution in [0.4, 0.5) is 4.79 Å². The Morgan fingerprint density at radius 1 is 1.00 bits per heavy atom. The molecule has 0 aromatic heterocycles. The molecule has 6 nitrogen and oxygen atoms in total. The summed E-state index contributed by atoms with van der Waals surface area (Å²) >= 11 is 0. The minimum Gasteiger partial charge on any atom is -0.435 e. The fraction of sp³-hybridized carbons (Fsp3) is 0.889. The van der Waals surface area contributed by atoms with Crippen LogP contribution in [-0.4, -0.2) is 38.7 Å². The Balaban J connectivity index is 3.93. The van der Waals surface area contributed by atoms with E-state index in [1.165, 1.54) is 0 Å². The Hall–Kier alpha value is -0.580. The van der Waals surface area contributed by atoms with Crippen molar-refractivity contribution in [3.05, 3.63) is 0 Å². The summed E-state index contributed by atoms with van der Waals surface area (Å²) in [4.78, 5) is 10.8. The van der Waals surface area contributed by atoms with Gasteiger partial charge in [-0.3, -0.25) is 4.57 Å². The van der Waals surface area contributed by atoms with Crippen LogP contribution >= 0.6 is 7.60 Å². The third-order valence-electron chi connectivity index (χ3n) is 1.50. The lowest BCUT2D eigenvalue weighted by atomic mass is 10.8. The summed E-state index contributed by atoms with van der Waals surface area (Å²) < 4.78 is 31.1. The largest absolute Gasteiger partial charge is 0.508 e. The van der Waals surface area contributed by atoms with Gasteiger partial charge in [-0.25, -0.2) is 4.79 Å².